The van der Waals surface area contributed by atoms with Gasteiger partial charge >= 0.3 is 0 Å². The number of hydrogen-bond acceptors (Lipinski definition) is 3. The number of carbonyl (C=O) groups excluding carboxylic acids is 1. The summed E-state index contributed by atoms with van der Waals surface area (Å²) in [5, 5.41) is 3.11. The molecule has 1 amide bonds. The lowest BCUT2D eigenvalue weighted by Crippen LogP contribution is -2.45. The number of amides is 1. The monoisotopic (exact) mass is 352 g/mol. The number of rotatable bonds is 7. The van der Waals surface area contributed by atoms with Crippen LogP contribution in [0, 0.1) is 0 Å². The van der Waals surface area contributed by atoms with Crippen LogP contribution in [0.15, 0.2) is 54.6 Å². The summed E-state index contributed by atoms with van der Waals surface area (Å²) in [6.07, 6.45) is 2.98. The van der Waals surface area contributed by atoms with Crippen molar-refractivity contribution in [1.82, 2.24) is 10.2 Å². The molecule has 2 aromatic rings. The quantitative estimate of drug-likeness (QED) is 0.830. The Morgan fingerprint density at radius 3 is 2.38 bits per heavy atom. The summed E-state index contributed by atoms with van der Waals surface area (Å²) in [4.78, 5) is 14.6. The molecule has 1 aliphatic heterocycles. The maximum Gasteiger partial charge on any atom is 0.258 e. The minimum Gasteiger partial charge on any atom is -0.484 e. The molecule has 1 aliphatic rings. The van der Waals surface area contributed by atoms with Crippen molar-refractivity contribution in [2.75, 3.05) is 19.7 Å². The molecule has 0 bridgehead atoms. The van der Waals surface area contributed by atoms with Crippen LogP contribution in [0.2, 0.25) is 0 Å². The summed E-state index contributed by atoms with van der Waals surface area (Å²) in [5.41, 5.74) is 2.61. The molecule has 2 aromatic carbocycles. The van der Waals surface area contributed by atoms with E-state index < -0.39 is 0 Å². The Bertz CT molecular complexity index is 677. The third-order valence-electron chi connectivity index (χ3n) is 4.90. The second-order valence-corrected chi connectivity index (χ2v) is 6.89. The molecule has 0 atom stereocenters. The molecule has 1 heterocycles. The summed E-state index contributed by atoms with van der Waals surface area (Å²) in [7, 11) is 0. The molecule has 1 fully saturated rings. The first-order valence-corrected chi connectivity index (χ1v) is 9.50. The summed E-state index contributed by atoms with van der Waals surface area (Å²) in [6, 6.07) is 18.7. The van der Waals surface area contributed by atoms with E-state index in [1.54, 1.807) is 0 Å². The van der Waals surface area contributed by atoms with Crippen LogP contribution in [-0.2, 0) is 17.8 Å². The van der Waals surface area contributed by atoms with Crippen molar-refractivity contribution in [2.24, 2.45) is 0 Å². The number of nitrogens with one attached hydrogen (secondary N) is 1. The molecular formula is C22H28N2O2. The van der Waals surface area contributed by atoms with E-state index in [0.717, 1.165) is 44.6 Å². The Kier molecular flexibility index (Phi) is 6.67. The maximum absolute atomic E-state index is 12.1. The molecule has 0 spiro atoms. The second kappa shape index (κ2) is 9.39. The first-order valence-electron chi connectivity index (χ1n) is 9.50. The molecule has 1 N–H and O–H groups in total. The Balaban J connectivity index is 1.36. The number of benzene rings is 2. The fraction of sp³-hybridized carbons (Fsp3) is 0.409. The van der Waals surface area contributed by atoms with Gasteiger partial charge in [0.2, 0.25) is 0 Å². The number of nitrogens with zero attached hydrogens (tertiary/aromatic N) is 1. The van der Waals surface area contributed by atoms with Gasteiger partial charge in [-0.3, -0.25) is 9.69 Å². The summed E-state index contributed by atoms with van der Waals surface area (Å²) < 4.78 is 5.59. The van der Waals surface area contributed by atoms with Crippen LogP contribution in [0.1, 0.15) is 30.9 Å². The third kappa shape index (κ3) is 5.60. The van der Waals surface area contributed by atoms with Gasteiger partial charge in [0.1, 0.15) is 5.75 Å². The highest BCUT2D eigenvalue weighted by atomic mass is 16.5. The number of carbonyl (C=O) groups is 1. The molecule has 1 saturated heterocycles. The van der Waals surface area contributed by atoms with Crippen LogP contribution in [0.3, 0.4) is 0 Å². The maximum atomic E-state index is 12.1. The van der Waals surface area contributed by atoms with Crippen LogP contribution in [-0.4, -0.2) is 36.5 Å². The van der Waals surface area contributed by atoms with E-state index >= 15 is 0 Å². The van der Waals surface area contributed by atoms with Crippen molar-refractivity contribution in [3.63, 3.8) is 0 Å². The number of aryl methyl sites for hydroxylation is 1. The Morgan fingerprint density at radius 1 is 1.04 bits per heavy atom. The van der Waals surface area contributed by atoms with Crippen molar-refractivity contribution in [3.05, 3.63) is 65.7 Å². The van der Waals surface area contributed by atoms with Gasteiger partial charge in [0.15, 0.2) is 6.61 Å². The zero-order chi connectivity index (χ0) is 18.2. The van der Waals surface area contributed by atoms with Crippen LogP contribution < -0.4 is 10.1 Å². The number of piperidine rings is 1. The van der Waals surface area contributed by atoms with Gasteiger partial charge in [0.05, 0.1) is 0 Å². The lowest BCUT2D eigenvalue weighted by atomic mass is 10.0. The first-order chi connectivity index (χ1) is 12.7. The molecule has 0 saturated carbocycles. The van der Waals surface area contributed by atoms with Crippen molar-refractivity contribution < 1.29 is 9.53 Å². The standard InChI is InChI=1S/C22H28N2O2/c1-2-18-8-10-21(11-9-18)26-17-22(25)23-20-12-14-24(15-13-20)16-19-6-4-3-5-7-19/h3-11,20H,2,12-17H2,1H3,(H,23,25). The molecule has 0 unspecified atom stereocenters. The van der Waals surface area contributed by atoms with Gasteiger partial charge in [0, 0.05) is 25.7 Å². The molecule has 26 heavy (non-hydrogen) atoms. The topological polar surface area (TPSA) is 41.6 Å². The minimum atomic E-state index is -0.0360. The van der Waals surface area contributed by atoms with Crippen LogP contribution in [0.5, 0.6) is 5.75 Å². The first kappa shape index (κ1) is 18.5. The van der Waals surface area contributed by atoms with Gasteiger partial charge < -0.3 is 10.1 Å². The highest BCUT2D eigenvalue weighted by molar-refractivity contribution is 5.77. The molecule has 4 heteroatoms. The predicted molar refractivity (Wildman–Crippen MR) is 104 cm³/mol. The molecule has 3 rings (SSSR count). The van der Waals surface area contributed by atoms with Gasteiger partial charge in [0.25, 0.3) is 5.91 Å². The van der Waals surface area contributed by atoms with Crippen LogP contribution >= 0.6 is 0 Å². The van der Waals surface area contributed by atoms with Crippen molar-refractivity contribution in [3.8, 4) is 5.75 Å². The molecular weight excluding hydrogens is 324 g/mol. The van der Waals surface area contributed by atoms with E-state index in [1.807, 2.05) is 30.3 Å². The average Bonchev–Trinajstić information content (AvgIpc) is 2.69. The van der Waals surface area contributed by atoms with Gasteiger partial charge in [-0.2, -0.15) is 0 Å². The van der Waals surface area contributed by atoms with Crippen molar-refractivity contribution in [1.29, 1.82) is 0 Å². The van der Waals surface area contributed by atoms with Crippen LogP contribution in [0.4, 0.5) is 0 Å². The zero-order valence-electron chi connectivity index (χ0n) is 15.5. The van der Waals surface area contributed by atoms with E-state index in [0.29, 0.717) is 0 Å². The molecule has 4 nitrogen and oxygen atoms in total. The third-order valence-corrected chi connectivity index (χ3v) is 4.90. The number of hydrogen-bond donors (Lipinski definition) is 1. The molecule has 0 aromatic heterocycles. The lowest BCUT2D eigenvalue weighted by molar-refractivity contribution is -0.124. The normalized spacial score (nSPS) is 15.6. The Labute approximate surface area is 156 Å². The molecule has 138 valence electrons. The smallest absolute Gasteiger partial charge is 0.258 e. The average molecular weight is 352 g/mol. The predicted octanol–water partition coefficient (Wildman–Crippen LogP) is 3.41. The minimum absolute atomic E-state index is 0.0360. The van der Waals surface area contributed by atoms with Crippen molar-refractivity contribution in [2.45, 2.75) is 38.8 Å². The second-order valence-electron chi connectivity index (χ2n) is 6.89. The van der Waals surface area contributed by atoms with Gasteiger partial charge in [-0.05, 0) is 42.5 Å². The van der Waals surface area contributed by atoms with Gasteiger partial charge in [-0.25, -0.2) is 0 Å². The molecule has 0 radical (unpaired) electrons. The summed E-state index contributed by atoms with van der Waals surface area (Å²) in [5.74, 6) is 0.709. The fourth-order valence-corrected chi connectivity index (χ4v) is 3.32. The summed E-state index contributed by atoms with van der Waals surface area (Å²) >= 11 is 0. The van der Waals surface area contributed by atoms with Gasteiger partial charge in [-0.1, -0.05) is 49.4 Å². The van der Waals surface area contributed by atoms with E-state index in [4.69, 9.17) is 4.74 Å². The van der Waals surface area contributed by atoms with Crippen molar-refractivity contribution >= 4 is 5.91 Å². The Morgan fingerprint density at radius 2 is 1.73 bits per heavy atom. The SMILES string of the molecule is CCc1ccc(OCC(=O)NC2CCN(Cc3ccccc3)CC2)cc1. The van der Waals surface area contributed by atoms with Gasteiger partial charge in [-0.15, -0.1) is 0 Å². The van der Waals surface area contributed by atoms with Crippen LogP contribution in [0.25, 0.3) is 0 Å². The largest absolute Gasteiger partial charge is 0.484 e. The number of likely N-dealkylation sites (tertiary alicyclic amines) is 1. The highest BCUT2D eigenvalue weighted by Gasteiger charge is 2.20. The van der Waals surface area contributed by atoms with E-state index in [-0.39, 0.29) is 18.6 Å². The summed E-state index contributed by atoms with van der Waals surface area (Å²) in [6.45, 7) is 5.21. The Hall–Kier alpha value is -2.33. The van der Waals surface area contributed by atoms with E-state index in [1.165, 1.54) is 11.1 Å². The lowest BCUT2D eigenvalue weighted by Gasteiger charge is -2.32. The number of ether oxygens (including phenoxy) is 1. The van der Waals surface area contributed by atoms with E-state index in [9.17, 15) is 4.79 Å². The van der Waals surface area contributed by atoms with E-state index in [2.05, 4.69) is 41.4 Å². The fourth-order valence-electron chi connectivity index (χ4n) is 3.32. The molecule has 0 aliphatic carbocycles. The highest BCUT2D eigenvalue weighted by Crippen LogP contribution is 2.15. The zero-order valence-corrected chi connectivity index (χ0v) is 15.5.